The lowest BCUT2D eigenvalue weighted by molar-refractivity contribution is -0.790. The second-order valence-electron chi connectivity index (χ2n) is 3.00. The van der Waals surface area contributed by atoms with E-state index in [4.69, 9.17) is 0 Å². The molecule has 0 fully saturated rings. The van der Waals surface area contributed by atoms with Crippen LogP contribution in [0.3, 0.4) is 0 Å². The summed E-state index contributed by atoms with van der Waals surface area (Å²) in [5.74, 6) is 0. The maximum atomic E-state index is 10.2. The Bertz CT molecular complexity index is 390. The van der Waals surface area contributed by atoms with Gasteiger partial charge in [-0.05, 0) is 12.1 Å². The molecule has 0 spiro atoms. The highest BCUT2D eigenvalue weighted by molar-refractivity contribution is 5.85. The predicted octanol–water partition coefficient (Wildman–Crippen LogP) is 0.831. The molecule has 0 aliphatic heterocycles. The first kappa shape index (κ1) is 15.8. The van der Waals surface area contributed by atoms with Gasteiger partial charge in [-0.15, -0.1) is 32.6 Å². The molecule has 0 aromatic carbocycles. The summed E-state index contributed by atoms with van der Waals surface area (Å²) in [6, 6.07) is 5.00. The smallest absolute Gasteiger partial charge is 0.294 e. The average molecular weight is 280 g/mol. The molecule has 0 saturated carbocycles. The highest BCUT2D eigenvalue weighted by Crippen LogP contribution is 2.04. The van der Waals surface area contributed by atoms with Crippen molar-refractivity contribution in [1.29, 1.82) is 0 Å². The van der Waals surface area contributed by atoms with E-state index < -0.39 is 22.9 Å². The van der Waals surface area contributed by atoms with Crippen LogP contribution >= 0.6 is 12.4 Å². The van der Waals surface area contributed by atoms with Crippen LogP contribution in [0.1, 0.15) is 5.69 Å². The highest BCUT2D eigenvalue weighted by atomic mass is 35.5. The molecule has 0 bridgehead atoms. The largest absolute Gasteiger partial charge is 0.312 e. The van der Waals surface area contributed by atoms with Crippen molar-refractivity contribution in [1.82, 2.24) is 4.98 Å². The van der Waals surface area contributed by atoms with Crippen LogP contribution in [0.15, 0.2) is 24.4 Å². The fraction of sp³-hybridized carbons (Fsp3) is 0.375. The van der Waals surface area contributed by atoms with Crippen molar-refractivity contribution in [2.24, 2.45) is 0 Å². The molecule has 9 nitrogen and oxygen atoms in total. The van der Waals surface area contributed by atoms with E-state index in [1.54, 1.807) is 18.2 Å². The van der Waals surface area contributed by atoms with Gasteiger partial charge in [-0.3, -0.25) is 4.98 Å². The Hall–Kier alpha value is -2.16. The molecule has 1 rings (SSSR count). The van der Waals surface area contributed by atoms with Gasteiger partial charge in [0.15, 0.2) is 0 Å². The van der Waals surface area contributed by atoms with Gasteiger partial charge in [-0.25, -0.2) is 0 Å². The Morgan fingerprint density at radius 3 is 2.50 bits per heavy atom. The van der Waals surface area contributed by atoms with Gasteiger partial charge in [0.1, 0.15) is 12.7 Å². The molecule has 1 atom stereocenters. The summed E-state index contributed by atoms with van der Waals surface area (Å²) < 4.78 is 0. The fourth-order valence-corrected chi connectivity index (χ4v) is 1.14. The van der Waals surface area contributed by atoms with Crippen LogP contribution in [0.4, 0.5) is 0 Å². The number of hydrogen-bond donors (Lipinski definition) is 0. The monoisotopic (exact) mass is 279 g/mol. The van der Waals surface area contributed by atoms with Crippen LogP contribution in [0, 0.1) is 20.2 Å². The van der Waals surface area contributed by atoms with Gasteiger partial charge in [0, 0.05) is 18.3 Å². The van der Waals surface area contributed by atoms with Gasteiger partial charge in [0.25, 0.3) is 10.2 Å². The normalized spacial score (nSPS) is 10.9. The SMILES string of the molecule is Cl.O=[N+]([O-])OCC(Cc1ccccn1)O[N+](=O)[O-]. The summed E-state index contributed by atoms with van der Waals surface area (Å²) in [5.41, 5.74) is 0.520. The number of rotatable bonds is 7. The van der Waals surface area contributed by atoms with Crippen LogP contribution in [-0.2, 0) is 16.1 Å². The Morgan fingerprint density at radius 2 is 2.00 bits per heavy atom. The quantitative estimate of drug-likeness (QED) is 0.536. The molecule has 18 heavy (non-hydrogen) atoms. The first-order valence-corrected chi connectivity index (χ1v) is 4.56. The van der Waals surface area contributed by atoms with Gasteiger partial charge in [0.2, 0.25) is 0 Å². The minimum Gasteiger partial charge on any atom is -0.312 e. The van der Waals surface area contributed by atoms with E-state index in [1.165, 1.54) is 6.20 Å². The lowest BCUT2D eigenvalue weighted by atomic mass is 10.2. The van der Waals surface area contributed by atoms with E-state index >= 15 is 0 Å². The van der Waals surface area contributed by atoms with E-state index in [9.17, 15) is 20.2 Å². The van der Waals surface area contributed by atoms with E-state index in [2.05, 4.69) is 14.7 Å². The molecule has 0 aliphatic rings. The molecule has 0 N–H and O–H groups in total. The molecule has 0 aliphatic carbocycles. The molecular weight excluding hydrogens is 270 g/mol. The van der Waals surface area contributed by atoms with E-state index in [0.29, 0.717) is 5.69 Å². The van der Waals surface area contributed by atoms with Crippen LogP contribution in [0.25, 0.3) is 0 Å². The first-order chi connectivity index (χ1) is 8.08. The zero-order valence-electron chi connectivity index (χ0n) is 9.00. The van der Waals surface area contributed by atoms with Crippen LogP contribution < -0.4 is 0 Å². The molecule has 100 valence electrons. The standard InChI is InChI=1S/C8H9N3O6.ClH/c12-10(13)16-6-8(17-11(14)15)5-7-3-1-2-4-9-7;/h1-4,8H,5-6H2;1H. The van der Waals surface area contributed by atoms with Gasteiger partial charge >= 0.3 is 0 Å². The maximum Gasteiger partial charge on any atom is 0.294 e. The van der Waals surface area contributed by atoms with Crippen molar-refractivity contribution >= 4 is 12.4 Å². The van der Waals surface area contributed by atoms with Crippen molar-refractivity contribution < 1.29 is 19.8 Å². The number of pyridine rings is 1. The van der Waals surface area contributed by atoms with Crippen molar-refractivity contribution in [3.8, 4) is 0 Å². The van der Waals surface area contributed by atoms with Gasteiger partial charge in [0.05, 0.1) is 0 Å². The molecule has 1 unspecified atom stereocenters. The highest BCUT2D eigenvalue weighted by Gasteiger charge is 2.16. The topological polar surface area (TPSA) is 118 Å². The second-order valence-corrected chi connectivity index (χ2v) is 3.00. The summed E-state index contributed by atoms with van der Waals surface area (Å²) in [4.78, 5) is 32.4. The van der Waals surface area contributed by atoms with E-state index in [1.807, 2.05) is 0 Å². The minimum absolute atomic E-state index is 0. The van der Waals surface area contributed by atoms with Crippen LogP contribution in [-0.4, -0.2) is 27.9 Å². The molecule has 1 aromatic rings. The van der Waals surface area contributed by atoms with Crippen molar-refractivity contribution in [3.63, 3.8) is 0 Å². The molecular formula is C8H10ClN3O6. The molecule has 0 amide bonds. The zero-order valence-corrected chi connectivity index (χ0v) is 9.82. The molecule has 0 radical (unpaired) electrons. The second kappa shape index (κ2) is 8.01. The lowest BCUT2D eigenvalue weighted by Crippen LogP contribution is -2.27. The number of halogens is 1. The maximum absolute atomic E-state index is 10.2. The van der Waals surface area contributed by atoms with E-state index in [-0.39, 0.29) is 18.8 Å². The third kappa shape index (κ3) is 6.43. The fourth-order valence-electron chi connectivity index (χ4n) is 1.14. The van der Waals surface area contributed by atoms with Crippen molar-refractivity contribution in [3.05, 3.63) is 50.3 Å². The van der Waals surface area contributed by atoms with Gasteiger partial charge < -0.3 is 9.68 Å². The number of nitrogens with zero attached hydrogens (tertiary/aromatic N) is 3. The molecule has 1 heterocycles. The summed E-state index contributed by atoms with van der Waals surface area (Å²) in [5, 5.41) is 18.1. The Labute approximate surface area is 107 Å². The third-order valence-corrected chi connectivity index (χ3v) is 1.76. The Balaban J connectivity index is 0.00000289. The molecule has 0 saturated heterocycles. The Kier molecular flexibility index (Phi) is 7.05. The molecule has 1 aromatic heterocycles. The first-order valence-electron chi connectivity index (χ1n) is 4.56. The van der Waals surface area contributed by atoms with Crippen LogP contribution in [0.5, 0.6) is 0 Å². The Morgan fingerprint density at radius 1 is 1.28 bits per heavy atom. The summed E-state index contributed by atoms with van der Waals surface area (Å²) in [6.07, 6.45) is 0.494. The van der Waals surface area contributed by atoms with Crippen LogP contribution in [0.2, 0.25) is 0 Å². The van der Waals surface area contributed by atoms with Crippen molar-refractivity contribution in [2.45, 2.75) is 12.5 Å². The van der Waals surface area contributed by atoms with Gasteiger partial charge in [-0.2, -0.15) is 0 Å². The van der Waals surface area contributed by atoms with E-state index in [0.717, 1.165) is 0 Å². The average Bonchev–Trinajstić information content (AvgIpc) is 2.26. The third-order valence-electron chi connectivity index (χ3n) is 1.76. The molecule has 10 heteroatoms. The van der Waals surface area contributed by atoms with Crippen molar-refractivity contribution in [2.75, 3.05) is 6.61 Å². The lowest BCUT2D eigenvalue weighted by Gasteiger charge is -2.12. The predicted molar refractivity (Wildman–Crippen MR) is 60.0 cm³/mol. The summed E-state index contributed by atoms with van der Waals surface area (Å²) in [6.45, 7) is -0.523. The number of aromatic nitrogens is 1. The summed E-state index contributed by atoms with van der Waals surface area (Å²) in [7, 11) is 0. The number of hydrogen-bond acceptors (Lipinski definition) is 7. The van der Waals surface area contributed by atoms with Gasteiger partial charge in [-0.1, -0.05) is 6.07 Å². The zero-order chi connectivity index (χ0) is 12.7. The minimum atomic E-state index is -1.06. The summed E-state index contributed by atoms with van der Waals surface area (Å²) >= 11 is 0.